The summed E-state index contributed by atoms with van der Waals surface area (Å²) >= 11 is 0. The van der Waals surface area contributed by atoms with E-state index in [1.54, 1.807) is 30.3 Å². The van der Waals surface area contributed by atoms with Gasteiger partial charge in [0.05, 0.1) is 12.0 Å². The lowest BCUT2D eigenvalue weighted by Crippen LogP contribution is -2.34. The first-order valence-corrected chi connectivity index (χ1v) is 5.95. The summed E-state index contributed by atoms with van der Waals surface area (Å²) in [5.74, 6) is 0.420. The van der Waals surface area contributed by atoms with Gasteiger partial charge in [0.25, 0.3) is 5.91 Å². The topological polar surface area (TPSA) is 69.0 Å². The Morgan fingerprint density at radius 3 is 2.94 bits per heavy atom. The fraction of sp³-hybridized carbons (Fsp3) is 0.462. The highest BCUT2D eigenvalue weighted by atomic mass is 16.2. The second kappa shape index (κ2) is 6.60. The third-order valence-electron chi connectivity index (χ3n) is 2.65. The van der Waals surface area contributed by atoms with E-state index in [1.807, 2.05) is 13.8 Å². The Bertz CT molecular complexity index is 453. The van der Waals surface area contributed by atoms with Crippen molar-refractivity contribution in [2.75, 3.05) is 25.5 Å². The molecule has 96 valence electrons. The Balaban J connectivity index is 2.86. The fourth-order valence-electron chi connectivity index (χ4n) is 1.61. The molecule has 1 N–H and O–H groups in total. The number of nitrogens with one attached hydrogen (secondary N) is 1. The van der Waals surface area contributed by atoms with E-state index in [-0.39, 0.29) is 11.8 Å². The molecular formula is C13H18N4O. The van der Waals surface area contributed by atoms with Crippen LogP contribution in [0.15, 0.2) is 18.3 Å². The zero-order valence-corrected chi connectivity index (χ0v) is 11.0. The molecule has 1 rings (SSSR count). The van der Waals surface area contributed by atoms with Crippen LogP contribution in [0.1, 0.15) is 24.2 Å². The van der Waals surface area contributed by atoms with Gasteiger partial charge in [-0.25, -0.2) is 4.98 Å². The summed E-state index contributed by atoms with van der Waals surface area (Å²) in [6.07, 6.45) is 1.60. The van der Waals surface area contributed by atoms with Gasteiger partial charge in [-0.1, -0.05) is 0 Å². The van der Waals surface area contributed by atoms with Crippen molar-refractivity contribution < 1.29 is 4.79 Å². The van der Waals surface area contributed by atoms with Crippen LogP contribution < -0.4 is 5.32 Å². The molecule has 5 heteroatoms. The standard InChI is InChI=1S/C13H18N4O/c1-4-17(9-10(2)8-14)13(18)11-5-6-16-12(7-11)15-3/h5-7,10H,4,9H2,1-3H3,(H,15,16). The van der Waals surface area contributed by atoms with Crippen molar-refractivity contribution in [3.05, 3.63) is 23.9 Å². The molecule has 1 unspecified atom stereocenters. The molecule has 1 atom stereocenters. The number of pyridine rings is 1. The van der Waals surface area contributed by atoms with E-state index < -0.39 is 0 Å². The van der Waals surface area contributed by atoms with Crippen molar-refractivity contribution in [1.29, 1.82) is 5.26 Å². The molecule has 1 aromatic rings. The van der Waals surface area contributed by atoms with E-state index in [0.717, 1.165) is 0 Å². The number of rotatable bonds is 5. The molecule has 5 nitrogen and oxygen atoms in total. The molecule has 1 heterocycles. The quantitative estimate of drug-likeness (QED) is 0.859. The van der Waals surface area contributed by atoms with Gasteiger partial charge in [-0.2, -0.15) is 5.26 Å². The lowest BCUT2D eigenvalue weighted by atomic mass is 10.1. The van der Waals surface area contributed by atoms with Crippen LogP contribution in [0, 0.1) is 17.2 Å². The first-order chi connectivity index (χ1) is 8.62. The largest absolute Gasteiger partial charge is 0.373 e. The maximum Gasteiger partial charge on any atom is 0.254 e. The molecule has 0 bridgehead atoms. The van der Waals surface area contributed by atoms with Crippen LogP contribution in [0.25, 0.3) is 0 Å². The van der Waals surface area contributed by atoms with Crippen molar-refractivity contribution in [1.82, 2.24) is 9.88 Å². The average molecular weight is 246 g/mol. The van der Waals surface area contributed by atoms with Crippen LogP contribution in [0.2, 0.25) is 0 Å². The van der Waals surface area contributed by atoms with Gasteiger partial charge in [-0.3, -0.25) is 4.79 Å². The van der Waals surface area contributed by atoms with Gasteiger partial charge >= 0.3 is 0 Å². The number of nitrogens with zero attached hydrogens (tertiary/aromatic N) is 3. The summed E-state index contributed by atoms with van der Waals surface area (Å²) in [6.45, 7) is 4.74. The number of aromatic nitrogens is 1. The minimum Gasteiger partial charge on any atom is -0.373 e. The second-order valence-electron chi connectivity index (χ2n) is 4.05. The monoisotopic (exact) mass is 246 g/mol. The average Bonchev–Trinajstić information content (AvgIpc) is 2.43. The normalized spacial score (nSPS) is 11.4. The third kappa shape index (κ3) is 3.45. The lowest BCUT2D eigenvalue weighted by Gasteiger charge is -2.22. The molecule has 0 saturated heterocycles. The first-order valence-electron chi connectivity index (χ1n) is 5.95. The number of carbonyl (C=O) groups is 1. The van der Waals surface area contributed by atoms with Crippen molar-refractivity contribution in [2.24, 2.45) is 5.92 Å². The highest BCUT2D eigenvalue weighted by Gasteiger charge is 2.16. The summed E-state index contributed by atoms with van der Waals surface area (Å²) in [7, 11) is 1.76. The molecule has 0 aliphatic rings. The van der Waals surface area contributed by atoms with Crippen LogP contribution in [0.4, 0.5) is 5.82 Å². The highest BCUT2D eigenvalue weighted by Crippen LogP contribution is 2.10. The lowest BCUT2D eigenvalue weighted by molar-refractivity contribution is 0.0752. The number of nitriles is 1. The van der Waals surface area contributed by atoms with Gasteiger partial charge in [0, 0.05) is 31.9 Å². The zero-order chi connectivity index (χ0) is 13.5. The van der Waals surface area contributed by atoms with Gasteiger partial charge in [0.1, 0.15) is 5.82 Å². The Morgan fingerprint density at radius 1 is 1.67 bits per heavy atom. The molecule has 0 aliphatic heterocycles. The number of carbonyl (C=O) groups excluding carboxylic acids is 1. The Kier molecular flexibility index (Phi) is 5.12. The van der Waals surface area contributed by atoms with Gasteiger partial charge in [-0.15, -0.1) is 0 Å². The molecule has 0 saturated carbocycles. The minimum absolute atomic E-state index is 0.0708. The van der Waals surface area contributed by atoms with Crippen molar-refractivity contribution in [3.63, 3.8) is 0 Å². The Hall–Kier alpha value is -2.09. The van der Waals surface area contributed by atoms with Crippen LogP contribution in [-0.2, 0) is 0 Å². The van der Waals surface area contributed by atoms with Gasteiger partial charge in [0.15, 0.2) is 0 Å². The van der Waals surface area contributed by atoms with Crippen LogP contribution in [0.3, 0.4) is 0 Å². The number of anilines is 1. The molecule has 0 aromatic carbocycles. The molecule has 0 spiro atoms. The van der Waals surface area contributed by atoms with Gasteiger partial charge in [-0.05, 0) is 26.0 Å². The molecule has 0 aliphatic carbocycles. The second-order valence-corrected chi connectivity index (χ2v) is 4.05. The van der Waals surface area contributed by atoms with E-state index in [2.05, 4.69) is 16.4 Å². The van der Waals surface area contributed by atoms with Crippen LogP contribution >= 0.6 is 0 Å². The van der Waals surface area contributed by atoms with E-state index in [9.17, 15) is 4.79 Å². The third-order valence-corrected chi connectivity index (χ3v) is 2.65. The molecule has 0 radical (unpaired) electrons. The van der Waals surface area contributed by atoms with E-state index >= 15 is 0 Å². The van der Waals surface area contributed by atoms with Crippen molar-refractivity contribution >= 4 is 11.7 Å². The molecule has 1 amide bonds. The van der Waals surface area contributed by atoms with E-state index in [4.69, 9.17) is 5.26 Å². The smallest absolute Gasteiger partial charge is 0.254 e. The van der Waals surface area contributed by atoms with E-state index in [0.29, 0.717) is 24.5 Å². The molecule has 18 heavy (non-hydrogen) atoms. The van der Waals surface area contributed by atoms with Gasteiger partial charge < -0.3 is 10.2 Å². The van der Waals surface area contributed by atoms with Crippen molar-refractivity contribution in [2.45, 2.75) is 13.8 Å². The fourth-order valence-corrected chi connectivity index (χ4v) is 1.61. The molecule has 1 aromatic heterocycles. The number of amides is 1. The first kappa shape index (κ1) is 14.0. The van der Waals surface area contributed by atoms with Crippen molar-refractivity contribution in [3.8, 4) is 6.07 Å². The highest BCUT2D eigenvalue weighted by molar-refractivity contribution is 5.94. The minimum atomic E-state index is -0.167. The maximum absolute atomic E-state index is 12.3. The molecular weight excluding hydrogens is 228 g/mol. The van der Waals surface area contributed by atoms with Crippen LogP contribution in [0.5, 0.6) is 0 Å². The Labute approximate surface area is 107 Å². The summed E-state index contributed by atoms with van der Waals surface area (Å²) < 4.78 is 0. The summed E-state index contributed by atoms with van der Waals surface area (Å²) in [5.41, 5.74) is 0.585. The predicted octanol–water partition coefficient (Wildman–Crippen LogP) is 1.75. The van der Waals surface area contributed by atoms with Crippen LogP contribution in [-0.4, -0.2) is 35.9 Å². The number of hydrogen-bond donors (Lipinski definition) is 1. The maximum atomic E-state index is 12.3. The summed E-state index contributed by atoms with van der Waals surface area (Å²) in [4.78, 5) is 18.0. The summed E-state index contributed by atoms with van der Waals surface area (Å²) in [6, 6.07) is 5.53. The zero-order valence-electron chi connectivity index (χ0n) is 11.0. The predicted molar refractivity (Wildman–Crippen MR) is 70.1 cm³/mol. The van der Waals surface area contributed by atoms with E-state index in [1.165, 1.54) is 0 Å². The Morgan fingerprint density at radius 2 is 2.39 bits per heavy atom. The van der Waals surface area contributed by atoms with Gasteiger partial charge in [0.2, 0.25) is 0 Å². The number of hydrogen-bond acceptors (Lipinski definition) is 4. The molecule has 0 fully saturated rings. The summed E-state index contributed by atoms with van der Waals surface area (Å²) in [5, 5.41) is 11.7. The SMILES string of the molecule is CCN(CC(C)C#N)C(=O)c1ccnc(NC)c1.